The predicted octanol–water partition coefficient (Wildman–Crippen LogP) is 4.77. The summed E-state index contributed by atoms with van der Waals surface area (Å²) in [6, 6.07) is 20.9. The molecule has 6 heteroatoms. The van der Waals surface area contributed by atoms with Crippen molar-refractivity contribution in [3.8, 4) is 11.5 Å². The Bertz CT molecular complexity index is 1040. The van der Waals surface area contributed by atoms with Gasteiger partial charge in [-0.1, -0.05) is 24.6 Å². The molecule has 0 unspecified atom stereocenters. The summed E-state index contributed by atoms with van der Waals surface area (Å²) in [5, 5.41) is 3.96. The first-order valence-electron chi connectivity index (χ1n) is 10.0. The second-order valence-electron chi connectivity index (χ2n) is 6.90. The molecule has 158 valence electrons. The first-order chi connectivity index (χ1) is 15.0. The van der Waals surface area contributed by atoms with E-state index in [0.717, 1.165) is 23.3 Å². The molecule has 0 fully saturated rings. The van der Waals surface area contributed by atoms with Gasteiger partial charge in [0.15, 0.2) is 0 Å². The number of nitrogens with zero attached hydrogens (tertiary/aromatic N) is 1. The highest BCUT2D eigenvalue weighted by Crippen LogP contribution is 2.16. The second kappa shape index (κ2) is 10.7. The third-order valence-electron chi connectivity index (χ3n) is 4.35. The third kappa shape index (κ3) is 6.54. The molecule has 0 atom stereocenters. The number of rotatable bonds is 8. The van der Waals surface area contributed by atoms with Crippen LogP contribution in [-0.4, -0.2) is 24.7 Å². The fraction of sp³-hybridized carbons (Fsp3) is 0.160. The highest BCUT2D eigenvalue weighted by molar-refractivity contribution is 5.95. The van der Waals surface area contributed by atoms with Crippen LogP contribution in [0.15, 0.2) is 77.9 Å². The van der Waals surface area contributed by atoms with Crippen LogP contribution in [0.3, 0.4) is 0 Å². The average Bonchev–Trinajstić information content (AvgIpc) is 2.79. The Kier molecular flexibility index (Phi) is 7.54. The van der Waals surface area contributed by atoms with Gasteiger partial charge in [-0.3, -0.25) is 4.79 Å². The Morgan fingerprint density at radius 2 is 1.48 bits per heavy atom. The first kappa shape index (κ1) is 21.8. The van der Waals surface area contributed by atoms with Crippen molar-refractivity contribution in [3.05, 3.63) is 95.1 Å². The highest BCUT2D eigenvalue weighted by atomic mass is 16.5. The van der Waals surface area contributed by atoms with Gasteiger partial charge < -0.3 is 9.47 Å². The monoisotopic (exact) mass is 416 g/mol. The molecule has 3 rings (SSSR count). The van der Waals surface area contributed by atoms with Crippen molar-refractivity contribution in [1.29, 1.82) is 0 Å². The number of esters is 1. The maximum absolute atomic E-state index is 12.3. The number of amides is 1. The molecular formula is C25H24N2O4. The zero-order chi connectivity index (χ0) is 22.1. The lowest BCUT2D eigenvalue weighted by Gasteiger charge is -2.07. The van der Waals surface area contributed by atoms with Crippen LogP contribution in [0, 0.1) is 6.92 Å². The summed E-state index contributed by atoms with van der Waals surface area (Å²) >= 11 is 0. The van der Waals surface area contributed by atoms with Gasteiger partial charge in [0, 0.05) is 5.56 Å². The lowest BCUT2D eigenvalue weighted by Crippen LogP contribution is -2.17. The van der Waals surface area contributed by atoms with Crippen LogP contribution in [0.2, 0.25) is 0 Å². The fourth-order valence-electron chi connectivity index (χ4n) is 2.63. The Morgan fingerprint density at radius 3 is 2.13 bits per heavy atom. The smallest absolute Gasteiger partial charge is 0.343 e. The number of hydrogen-bond acceptors (Lipinski definition) is 5. The third-order valence-corrected chi connectivity index (χ3v) is 4.35. The van der Waals surface area contributed by atoms with Crippen molar-refractivity contribution >= 4 is 18.1 Å². The molecule has 0 heterocycles. The number of benzene rings is 3. The van der Waals surface area contributed by atoms with Crippen LogP contribution >= 0.6 is 0 Å². The van der Waals surface area contributed by atoms with Crippen molar-refractivity contribution in [2.24, 2.45) is 5.10 Å². The number of nitrogens with one attached hydrogen (secondary N) is 1. The number of carbonyl (C=O) groups is 2. The Labute approximate surface area is 181 Å². The van der Waals surface area contributed by atoms with Crippen LogP contribution < -0.4 is 14.9 Å². The van der Waals surface area contributed by atoms with Gasteiger partial charge in [-0.05, 0) is 79.6 Å². The van der Waals surface area contributed by atoms with Crippen molar-refractivity contribution in [3.63, 3.8) is 0 Å². The number of hydrogen-bond donors (Lipinski definition) is 1. The molecule has 1 N–H and O–H groups in total. The normalized spacial score (nSPS) is 10.6. The van der Waals surface area contributed by atoms with Crippen LogP contribution in [0.5, 0.6) is 11.5 Å². The maximum atomic E-state index is 12.3. The minimum atomic E-state index is -0.450. The molecule has 0 saturated heterocycles. The topological polar surface area (TPSA) is 77.0 Å². The van der Waals surface area contributed by atoms with Gasteiger partial charge in [0.25, 0.3) is 5.91 Å². The number of hydrazone groups is 1. The molecule has 0 bridgehead atoms. The molecule has 3 aromatic carbocycles. The van der Waals surface area contributed by atoms with Crippen molar-refractivity contribution in [1.82, 2.24) is 5.43 Å². The molecule has 3 aromatic rings. The van der Waals surface area contributed by atoms with E-state index in [4.69, 9.17) is 9.47 Å². The van der Waals surface area contributed by atoms with Gasteiger partial charge in [0.05, 0.1) is 18.4 Å². The molecule has 6 nitrogen and oxygen atoms in total. The molecule has 0 spiro atoms. The van der Waals surface area contributed by atoms with Crippen molar-refractivity contribution in [2.45, 2.75) is 20.3 Å². The molecular weight excluding hydrogens is 392 g/mol. The molecule has 0 aliphatic heterocycles. The Morgan fingerprint density at radius 1 is 0.871 bits per heavy atom. The SMILES string of the molecule is CCCOc1ccc(C(=O)Oc2ccc(/C=N\NC(=O)c3ccc(C)cc3)cc2)cc1. The van der Waals surface area contributed by atoms with E-state index in [1.807, 2.05) is 26.0 Å². The maximum Gasteiger partial charge on any atom is 0.343 e. The quantitative estimate of drug-likeness (QED) is 0.248. The van der Waals surface area contributed by atoms with Crippen LogP contribution in [0.1, 0.15) is 45.2 Å². The van der Waals surface area contributed by atoms with Crippen molar-refractivity contribution in [2.75, 3.05) is 6.61 Å². The molecule has 0 aliphatic rings. The summed E-state index contributed by atoms with van der Waals surface area (Å²) in [5.74, 6) is 0.399. The molecule has 0 aromatic heterocycles. The minimum Gasteiger partial charge on any atom is -0.494 e. The Balaban J connectivity index is 1.52. The molecule has 0 aliphatic carbocycles. The number of carbonyl (C=O) groups excluding carboxylic acids is 2. The van der Waals surface area contributed by atoms with Crippen LogP contribution in [-0.2, 0) is 0 Å². The van der Waals surface area contributed by atoms with Crippen LogP contribution in [0.4, 0.5) is 0 Å². The summed E-state index contributed by atoms with van der Waals surface area (Å²) in [5.41, 5.74) is 5.30. The van der Waals surface area contributed by atoms with Gasteiger partial charge in [-0.25, -0.2) is 10.2 Å². The van der Waals surface area contributed by atoms with E-state index in [-0.39, 0.29) is 5.91 Å². The van der Waals surface area contributed by atoms with E-state index in [2.05, 4.69) is 10.5 Å². The van der Waals surface area contributed by atoms with E-state index in [1.54, 1.807) is 60.7 Å². The van der Waals surface area contributed by atoms with E-state index >= 15 is 0 Å². The molecule has 0 radical (unpaired) electrons. The summed E-state index contributed by atoms with van der Waals surface area (Å²) < 4.78 is 10.9. The summed E-state index contributed by atoms with van der Waals surface area (Å²) in [6.07, 6.45) is 2.44. The van der Waals surface area contributed by atoms with Gasteiger partial charge in [-0.2, -0.15) is 5.10 Å². The number of ether oxygens (including phenoxy) is 2. The lowest BCUT2D eigenvalue weighted by atomic mass is 10.1. The van der Waals surface area contributed by atoms with Crippen molar-refractivity contribution < 1.29 is 19.1 Å². The standard InChI is InChI=1S/C25H24N2O4/c1-3-16-30-22-14-10-21(11-15-22)25(29)31-23-12-6-19(7-13-23)17-26-27-24(28)20-8-4-18(2)5-9-20/h4-15,17H,3,16H2,1-2H3,(H,27,28)/b26-17-. The zero-order valence-corrected chi connectivity index (χ0v) is 17.5. The van der Waals surface area contributed by atoms with E-state index < -0.39 is 5.97 Å². The van der Waals surface area contributed by atoms with E-state index in [9.17, 15) is 9.59 Å². The summed E-state index contributed by atoms with van der Waals surface area (Å²) in [6.45, 7) is 4.62. The average molecular weight is 416 g/mol. The Hall–Kier alpha value is -3.93. The van der Waals surface area contributed by atoms with Gasteiger partial charge >= 0.3 is 5.97 Å². The minimum absolute atomic E-state index is 0.284. The van der Waals surface area contributed by atoms with E-state index in [1.165, 1.54) is 6.21 Å². The predicted molar refractivity (Wildman–Crippen MR) is 120 cm³/mol. The molecule has 1 amide bonds. The highest BCUT2D eigenvalue weighted by Gasteiger charge is 2.09. The van der Waals surface area contributed by atoms with Crippen LogP contribution in [0.25, 0.3) is 0 Å². The van der Waals surface area contributed by atoms with Gasteiger partial charge in [-0.15, -0.1) is 0 Å². The molecule has 0 saturated carbocycles. The first-order valence-corrected chi connectivity index (χ1v) is 10.0. The zero-order valence-electron chi connectivity index (χ0n) is 17.5. The summed E-state index contributed by atoms with van der Waals surface area (Å²) in [4.78, 5) is 24.3. The van der Waals surface area contributed by atoms with Gasteiger partial charge in [0.2, 0.25) is 0 Å². The molecule has 31 heavy (non-hydrogen) atoms. The lowest BCUT2D eigenvalue weighted by molar-refractivity contribution is 0.0734. The van der Waals surface area contributed by atoms with Gasteiger partial charge in [0.1, 0.15) is 11.5 Å². The largest absolute Gasteiger partial charge is 0.494 e. The second-order valence-corrected chi connectivity index (χ2v) is 6.90. The fourth-order valence-corrected chi connectivity index (χ4v) is 2.63. The summed E-state index contributed by atoms with van der Waals surface area (Å²) in [7, 11) is 0. The van der Waals surface area contributed by atoms with E-state index in [0.29, 0.717) is 23.5 Å². The number of aryl methyl sites for hydroxylation is 1.